The lowest BCUT2D eigenvalue weighted by Crippen LogP contribution is -2.23. The summed E-state index contributed by atoms with van der Waals surface area (Å²) in [4.78, 5) is 17.8. The summed E-state index contributed by atoms with van der Waals surface area (Å²) in [5.41, 5.74) is 2.36. The normalized spacial score (nSPS) is 14.4. The molecule has 1 fully saturated rings. The Morgan fingerprint density at radius 1 is 1.00 bits per heavy atom. The number of hydrogen-bond acceptors (Lipinski definition) is 5. The van der Waals surface area contributed by atoms with Crippen molar-refractivity contribution in [3.63, 3.8) is 0 Å². The maximum atomic E-state index is 11.8. The van der Waals surface area contributed by atoms with Crippen molar-refractivity contribution in [3.8, 4) is 23.0 Å². The number of hydrogen-bond donors (Lipinski definition) is 0. The fourth-order valence-corrected chi connectivity index (χ4v) is 2.64. The molecular formula is C17H14N4O2. The highest BCUT2D eigenvalue weighted by Crippen LogP contribution is 2.26. The molecule has 1 amide bonds. The molecule has 2 aromatic heterocycles. The molecule has 4 rings (SSSR count). The average Bonchev–Trinajstić information content (AvgIpc) is 3.25. The van der Waals surface area contributed by atoms with Gasteiger partial charge in [0.25, 0.3) is 5.89 Å². The lowest BCUT2D eigenvalue weighted by Gasteiger charge is -2.15. The summed E-state index contributed by atoms with van der Waals surface area (Å²) < 4.78 is 5.68. The minimum absolute atomic E-state index is 0.174. The van der Waals surface area contributed by atoms with Crippen molar-refractivity contribution in [1.29, 1.82) is 0 Å². The molecule has 0 spiro atoms. The van der Waals surface area contributed by atoms with Crippen molar-refractivity contribution < 1.29 is 9.21 Å². The second-order valence-corrected chi connectivity index (χ2v) is 5.32. The summed E-state index contributed by atoms with van der Waals surface area (Å²) in [6, 6.07) is 13.1. The van der Waals surface area contributed by atoms with Gasteiger partial charge < -0.3 is 9.32 Å². The second kappa shape index (κ2) is 5.64. The number of aromatic nitrogens is 3. The van der Waals surface area contributed by atoms with E-state index in [1.807, 2.05) is 42.5 Å². The quantitative estimate of drug-likeness (QED) is 0.744. The lowest BCUT2D eigenvalue weighted by molar-refractivity contribution is -0.117. The van der Waals surface area contributed by atoms with Crippen LogP contribution in [0.25, 0.3) is 23.0 Å². The van der Waals surface area contributed by atoms with Gasteiger partial charge >= 0.3 is 0 Å². The average molecular weight is 306 g/mol. The first-order chi connectivity index (χ1) is 11.3. The molecule has 1 aliphatic heterocycles. The molecule has 0 saturated carbocycles. The zero-order valence-corrected chi connectivity index (χ0v) is 12.3. The summed E-state index contributed by atoms with van der Waals surface area (Å²) in [5.74, 6) is 0.998. The Morgan fingerprint density at radius 2 is 1.83 bits per heavy atom. The Kier molecular flexibility index (Phi) is 3.34. The van der Waals surface area contributed by atoms with Gasteiger partial charge in [-0.2, -0.15) is 0 Å². The van der Waals surface area contributed by atoms with Gasteiger partial charge in [0.2, 0.25) is 11.8 Å². The molecule has 0 aliphatic carbocycles. The predicted molar refractivity (Wildman–Crippen MR) is 84.6 cm³/mol. The molecule has 6 nitrogen and oxygen atoms in total. The van der Waals surface area contributed by atoms with E-state index in [-0.39, 0.29) is 5.91 Å². The number of benzene rings is 1. The van der Waals surface area contributed by atoms with Crippen molar-refractivity contribution in [1.82, 2.24) is 15.2 Å². The van der Waals surface area contributed by atoms with Crippen LogP contribution in [0.2, 0.25) is 0 Å². The van der Waals surface area contributed by atoms with Gasteiger partial charge in [-0.1, -0.05) is 6.07 Å². The van der Waals surface area contributed by atoms with Gasteiger partial charge in [0.05, 0.1) is 0 Å². The van der Waals surface area contributed by atoms with Gasteiger partial charge in [-0.05, 0) is 42.8 Å². The van der Waals surface area contributed by atoms with E-state index in [1.54, 1.807) is 11.1 Å². The van der Waals surface area contributed by atoms with Gasteiger partial charge in [0, 0.05) is 30.4 Å². The molecule has 1 saturated heterocycles. The predicted octanol–water partition coefficient (Wildman–Crippen LogP) is 2.93. The Labute approximate surface area is 132 Å². The van der Waals surface area contributed by atoms with E-state index >= 15 is 0 Å². The third kappa shape index (κ3) is 2.59. The minimum atomic E-state index is 0.174. The largest absolute Gasteiger partial charge is 0.415 e. The van der Waals surface area contributed by atoms with Gasteiger partial charge in [0.15, 0.2) is 0 Å². The molecule has 114 valence electrons. The number of pyridine rings is 1. The minimum Gasteiger partial charge on any atom is -0.415 e. The van der Waals surface area contributed by atoms with Crippen LogP contribution in [0.1, 0.15) is 12.8 Å². The van der Waals surface area contributed by atoms with E-state index in [4.69, 9.17) is 4.42 Å². The number of anilines is 1. The molecule has 0 N–H and O–H groups in total. The highest BCUT2D eigenvalue weighted by atomic mass is 16.4. The van der Waals surface area contributed by atoms with E-state index in [1.165, 1.54) is 0 Å². The number of rotatable bonds is 3. The molecular weight excluding hydrogens is 292 g/mol. The fraction of sp³-hybridized carbons (Fsp3) is 0.176. The number of nitrogens with zero attached hydrogens (tertiary/aromatic N) is 4. The Bertz CT molecular complexity index is 827. The third-order valence-corrected chi connectivity index (χ3v) is 3.81. The van der Waals surface area contributed by atoms with Gasteiger partial charge in [-0.3, -0.25) is 9.78 Å². The van der Waals surface area contributed by atoms with Crippen molar-refractivity contribution in [2.24, 2.45) is 0 Å². The molecule has 3 heterocycles. The Hall–Kier alpha value is -3.02. The van der Waals surface area contributed by atoms with Crippen molar-refractivity contribution in [2.75, 3.05) is 11.4 Å². The van der Waals surface area contributed by atoms with Crippen molar-refractivity contribution >= 4 is 11.6 Å². The van der Waals surface area contributed by atoms with Gasteiger partial charge in [-0.15, -0.1) is 10.2 Å². The van der Waals surface area contributed by atoms with Gasteiger partial charge in [-0.25, -0.2) is 0 Å². The summed E-state index contributed by atoms with van der Waals surface area (Å²) in [7, 11) is 0. The monoisotopic (exact) mass is 306 g/mol. The number of amides is 1. The van der Waals surface area contributed by atoms with E-state index in [2.05, 4.69) is 15.2 Å². The summed E-state index contributed by atoms with van der Waals surface area (Å²) in [6.45, 7) is 0.780. The molecule has 23 heavy (non-hydrogen) atoms. The summed E-state index contributed by atoms with van der Waals surface area (Å²) in [5, 5.41) is 8.10. The van der Waals surface area contributed by atoms with Crippen LogP contribution in [-0.2, 0) is 4.79 Å². The first-order valence-electron chi connectivity index (χ1n) is 7.47. The third-order valence-electron chi connectivity index (χ3n) is 3.81. The molecule has 1 aliphatic rings. The van der Waals surface area contributed by atoms with E-state index in [9.17, 15) is 4.79 Å². The summed E-state index contributed by atoms with van der Waals surface area (Å²) >= 11 is 0. The van der Waals surface area contributed by atoms with E-state index < -0.39 is 0 Å². The van der Waals surface area contributed by atoms with Crippen LogP contribution in [0.4, 0.5) is 5.69 Å². The summed E-state index contributed by atoms with van der Waals surface area (Å²) in [6.07, 6.45) is 3.22. The number of carbonyl (C=O) groups excluding carboxylic acids is 1. The molecule has 1 aromatic carbocycles. The van der Waals surface area contributed by atoms with E-state index in [0.29, 0.717) is 23.9 Å². The van der Waals surface area contributed by atoms with Crippen LogP contribution in [-0.4, -0.2) is 27.6 Å². The topological polar surface area (TPSA) is 72.1 Å². The fourth-order valence-electron chi connectivity index (χ4n) is 2.64. The molecule has 0 atom stereocenters. The van der Waals surface area contributed by atoms with E-state index in [0.717, 1.165) is 24.2 Å². The van der Waals surface area contributed by atoms with Crippen LogP contribution >= 0.6 is 0 Å². The standard InChI is InChI=1S/C17H14N4O2/c22-15-5-3-11-21(15)13-8-6-12(7-9-13)16-19-20-17(23-16)14-4-1-2-10-18-14/h1-2,4,6-10H,3,5,11H2. The maximum Gasteiger partial charge on any atom is 0.266 e. The van der Waals surface area contributed by atoms with Crippen molar-refractivity contribution in [3.05, 3.63) is 48.7 Å². The SMILES string of the molecule is O=C1CCCN1c1ccc(-c2nnc(-c3ccccn3)o2)cc1. The maximum absolute atomic E-state index is 11.8. The van der Waals surface area contributed by atoms with Crippen LogP contribution in [0.15, 0.2) is 53.1 Å². The Morgan fingerprint density at radius 3 is 2.52 bits per heavy atom. The number of carbonyl (C=O) groups is 1. The zero-order chi connectivity index (χ0) is 15.6. The van der Waals surface area contributed by atoms with Crippen LogP contribution in [0, 0.1) is 0 Å². The molecule has 0 unspecified atom stereocenters. The first kappa shape index (κ1) is 13.6. The highest BCUT2D eigenvalue weighted by Gasteiger charge is 2.21. The smallest absolute Gasteiger partial charge is 0.266 e. The van der Waals surface area contributed by atoms with Crippen LogP contribution < -0.4 is 4.90 Å². The highest BCUT2D eigenvalue weighted by molar-refractivity contribution is 5.95. The molecule has 0 bridgehead atoms. The van der Waals surface area contributed by atoms with Crippen molar-refractivity contribution in [2.45, 2.75) is 12.8 Å². The second-order valence-electron chi connectivity index (χ2n) is 5.32. The zero-order valence-electron chi connectivity index (χ0n) is 12.3. The molecule has 6 heteroatoms. The first-order valence-corrected chi connectivity index (χ1v) is 7.47. The van der Waals surface area contributed by atoms with Crippen LogP contribution in [0.3, 0.4) is 0 Å². The Balaban J connectivity index is 1.59. The molecule has 3 aromatic rings. The van der Waals surface area contributed by atoms with Gasteiger partial charge in [0.1, 0.15) is 5.69 Å². The van der Waals surface area contributed by atoms with Crippen LogP contribution in [0.5, 0.6) is 0 Å². The molecule has 0 radical (unpaired) electrons. The lowest BCUT2D eigenvalue weighted by atomic mass is 10.2.